The molecule has 0 saturated carbocycles. The first kappa shape index (κ1) is 12.4. The van der Waals surface area contributed by atoms with E-state index in [9.17, 15) is 0 Å². The molecule has 0 aromatic heterocycles. The molecule has 1 aromatic rings. The van der Waals surface area contributed by atoms with Gasteiger partial charge in [0.15, 0.2) is 0 Å². The van der Waals surface area contributed by atoms with E-state index in [1.807, 2.05) is 0 Å². The van der Waals surface area contributed by atoms with Crippen molar-refractivity contribution in [3.05, 3.63) is 29.3 Å². The van der Waals surface area contributed by atoms with Gasteiger partial charge in [0.05, 0.1) is 0 Å². The van der Waals surface area contributed by atoms with Gasteiger partial charge < -0.3 is 10.4 Å². The highest BCUT2D eigenvalue weighted by molar-refractivity contribution is 5.57. The third kappa shape index (κ3) is 2.63. The van der Waals surface area contributed by atoms with Crippen molar-refractivity contribution in [2.75, 3.05) is 18.5 Å². The summed E-state index contributed by atoms with van der Waals surface area (Å²) in [5.41, 5.74) is 4.21. The Morgan fingerprint density at radius 2 is 2.12 bits per heavy atom. The molecule has 2 heteroatoms. The van der Waals surface area contributed by atoms with Crippen LogP contribution in [-0.4, -0.2) is 18.3 Å². The van der Waals surface area contributed by atoms with E-state index in [0.29, 0.717) is 5.92 Å². The molecule has 0 bridgehead atoms. The number of aliphatic hydroxyl groups excluding tert-OH is 1. The van der Waals surface area contributed by atoms with Crippen molar-refractivity contribution in [2.45, 2.75) is 44.9 Å². The molecule has 94 valence electrons. The van der Waals surface area contributed by atoms with Crippen molar-refractivity contribution in [2.24, 2.45) is 0 Å². The lowest BCUT2D eigenvalue weighted by atomic mass is 9.81. The summed E-state index contributed by atoms with van der Waals surface area (Å²) in [5.74, 6) is 0.513. The molecule has 0 amide bonds. The number of fused-ring (bicyclic) bond motifs is 1. The molecule has 1 aliphatic heterocycles. The van der Waals surface area contributed by atoms with Crippen molar-refractivity contribution in [3.63, 3.8) is 0 Å². The average molecular weight is 233 g/mol. The Labute approximate surface area is 104 Å². The quantitative estimate of drug-likeness (QED) is 0.821. The van der Waals surface area contributed by atoms with Gasteiger partial charge in [-0.3, -0.25) is 0 Å². The molecule has 1 aromatic carbocycles. The lowest BCUT2D eigenvalue weighted by Gasteiger charge is -2.29. The van der Waals surface area contributed by atoms with E-state index in [2.05, 4.69) is 44.3 Å². The van der Waals surface area contributed by atoms with Crippen molar-refractivity contribution in [1.29, 1.82) is 0 Å². The number of aliphatic hydroxyl groups is 1. The van der Waals surface area contributed by atoms with Gasteiger partial charge in [0.1, 0.15) is 0 Å². The van der Waals surface area contributed by atoms with Crippen LogP contribution in [0.1, 0.15) is 50.7 Å². The first-order valence-corrected chi connectivity index (χ1v) is 6.51. The summed E-state index contributed by atoms with van der Waals surface area (Å²) in [4.78, 5) is 0. The number of rotatable bonds is 2. The third-order valence-corrected chi connectivity index (χ3v) is 3.64. The van der Waals surface area contributed by atoms with Crippen LogP contribution in [-0.2, 0) is 5.41 Å². The number of nitrogens with one attached hydrogen (secondary N) is 1. The minimum Gasteiger partial charge on any atom is -0.396 e. The van der Waals surface area contributed by atoms with Crippen LogP contribution in [0.4, 0.5) is 5.69 Å². The Kier molecular flexibility index (Phi) is 3.43. The maximum Gasteiger partial charge on any atom is 0.0436 e. The summed E-state index contributed by atoms with van der Waals surface area (Å²) < 4.78 is 0. The number of hydrogen-bond acceptors (Lipinski definition) is 2. The summed E-state index contributed by atoms with van der Waals surface area (Å²) in [6, 6.07) is 6.73. The van der Waals surface area contributed by atoms with Crippen LogP contribution in [0.15, 0.2) is 18.2 Å². The highest BCUT2D eigenvalue weighted by Crippen LogP contribution is 2.36. The van der Waals surface area contributed by atoms with Gasteiger partial charge in [0, 0.05) is 18.8 Å². The van der Waals surface area contributed by atoms with Gasteiger partial charge in [-0.15, -0.1) is 0 Å². The molecular weight excluding hydrogens is 210 g/mol. The highest BCUT2D eigenvalue weighted by Gasteiger charge is 2.22. The van der Waals surface area contributed by atoms with Crippen molar-refractivity contribution in [3.8, 4) is 0 Å². The molecule has 0 radical (unpaired) electrons. The number of anilines is 1. The highest BCUT2D eigenvalue weighted by atomic mass is 16.3. The van der Waals surface area contributed by atoms with E-state index in [0.717, 1.165) is 19.4 Å². The zero-order valence-corrected chi connectivity index (χ0v) is 11.1. The van der Waals surface area contributed by atoms with Crippen molar-refractivity contribution in [1.82, 2.24) is 0 Å². The SMILES string of the molecule is CC(C)(C)c1ccc2c(c1)C(CCO)CCN2. The van der Waals surface area contributed by atoms with Gasteiger partial charge >= 0.3 is 0 Å². The molecule has 1 heterocycles. The topological polar surface area (TPSA) is 32.3 Å². The van der Waals surface area contributed by atoms with Gasteiger partial charge in [-0.1, -0.05) is 32.9 Å². The summed E-state index contributed by atoms with van der Waals surface area (Å²) >= 11 is 0. The maximum absolute atomic E-state index is 9.15. The second-order valence-corrected chi connectivity index (χ2v) is 5.98. The minimum absolute atomic E-state index is 0.191. The van der Waals surface area contributed by atoms with Crippen molar-refractivity contribution >= 4 is 5.69 Å². The zero-order chi connectivity index (χ0) is 12.5. The monoisotopic (exact) mass is 233 g/mol. The van der Waals surface area contributed by atoms with Crippen LogP contribution in [0, 0.1) is 0 Å². The molecule has 2 rings (SSSR count). The molecule has 0 spiro atoms. The van der Waals surface area contributed by atoms with Gasteiger partial charge in [-0.2, -0.15) is 0 Å². The fourth-order valence-corrected chi connectivity index (χ4v) is 2.52. The third-order valence-electron chi connectivity index (χ3n) is 3.64. The van der Waals surface area contributed by atoms with E-state index in [1.165, 1.54) is 16.8 Å². The zero-order valence-electron chi connectivity index (χ0n) is 11.1. The summed E-state index contributed by atoms with van der Waals surface area (Å²) in [6.07, 6.45) is 2.00. The van der Waals surface area contributed by atoms with E-state index < -0.39 is 0 Å². The van der Waals surface area contributed by atoms with Crippen LogP contribution in [0.3, 0.4) is 0 Å². The molecule has 2 N–H and O–H groups in total. The molecule has 1 atom stereocenters. The summed E-state index contributed by atoms with van der Waals surface area (Å²) in [5, 5.41) is 12.6. The van der Waals surface area contributed by atoms with Gasteiger partial charge in [0.2, 0.25) is 0 Å². The lowest BCUT2D eigenvalue weighted by Crippen LogP contribution is -2.19. The molecule has 0 aliphatic carbocycles. The van der Waals surface area contributed by atoms with Gasteiger partial charge in [0.25, 0.3) is 0 Å². The largest absolute Gasteiger partial charge is 0.396 e. The maximum atomic E-state index is 9.15. The van der Waals surface area contributed by atoms with Gasteiger partial charge in [-0.05, 0) is 41.4 Å². The number of hydrogen-bond donors (Lipinski definition) is 2. The standard InChI is InChI=1S/C15H23NO/c1-15(2,3)12-4-5-14-13(10-12)11(7-9-17)6-8-16-14/h4-5,10-11,16-17H,6-9H2,1-3H3. The first-order valence-electron chi connectivity index (χ1n) is 6.51. The van der Waals surface area contributed by atoms with Crippen LogP contribution in [0.25, 0.3) is 0 Å². The molecular formula is C15H23NO. The Hall–Kier alpha value is -1.02. The number of benzene rings is 1. The fraction of sp³-hybridized carbons (Fsp3) is 0.600. The predicted octanol–water partition coefficient (Wildman–Crippen LogP) is 3.27. The Morgan fingerprint density at radius 1 is 1.35 bits per heavy atom. The molecule has 2 nitrogen and oxygen atoms in total. The van der Waals surface area contributed by atoms with Crippen LogP contribution >= 0.6 is 0 Å². The lowest BCUT2D eigenvalue weighted by molar-refractivity contribution is 0.273. The normalized spacial score (nSPS) is 19.6. The van der Waals surface area contributed by atoms with Crippen LogP contribution in [0.5, 0.6) is 0 Å². The fourth-order valence-electron chi connectivity index (χ4n) is 2.52. The second kappa shape index (κ2) is 4.69. The Morgan fingerprint density at radius 3 is 2.76 bits per heavy atom. The second-order valence-electron chi connectivity index (χ2n) is 5.98. The molecule has 17 heavy (non-hydrogen) atoms. The van der Waals surface area contributed by atoms with Gasteiger partial charge in [-0.25, -0.2) is 0 Å². The minimum atomic E-state index is 0.191. The van der Waals surface area contributed by atoms with E-state index in [4.69, 9.17) is 5.11 Å². The average Bonchev–Trinajstić information content (AvgIpc) is 2.28. The Bertz CT molecular complexity index is 392. The summed E-state index contributed by atoms with van der Waals surface area (Å²) in [7, 11) is 0. The van der Waals surface area contributed by atoms with Crippen molar-refractivity contribution < 1.29 is 5.11 Å². The Balaban J connectivity index is 2.37. The molecule has 0 fully saturated rings. The smallest absolute Gasteiger partial charge is 0.0436 e. The van der Waals surface area contributed by atoms with Crippen LogP contribution in [0.2, 0.25) is 0 Å². The summed E-state index contributed by atoms with van der Waals surface area (Å²) in [6.45, 7) is 8.03. The van der Waals surface area contributed by atoms with E-state index in [-0.39, 0.29) is 12.0 Å². The predicted molar refractivity (Wildman–Crippen MR) is 72.7 cm³/mol. The van der Waals surface area contributed by atoms with E-state index in [1.54, 1.807) is 0 Å². The molecule has 0 saturated heterocycles. The molecule has 1 aliphatic rings. The molecule has 1 unspecified atom stereocenters. The first-order chi connectivity index (χ1) is 8.02. The van der Waals surface area contributed by atoms with E-state index >= 15 is 0 Å². The van der Waals surface area contributed by atoms with Crippen LogP contribution < -0.4 is 5.32 Å².